The molecular weight excluding hydrogens is 278 g/mol. The van der Waals surface area contributed by atoms with Crippen molar-refractivity contribution in [2.24, 2.45) is 5.16 Å². The maximum Gasteiger partial charge on any atom is 0.269 e. The maximum atomic E-state index is 12.7. The zero-order valence-electron chi connectivity index (χ0n) is 13.4. The Morgan fingerprint density at radius 1 is 1.41 bits per heavy atom. The summed E-state index contributed by atoms with van der Waals surface area (Å²) >= 11 is 0. The Balaban J connectivity index is 1.80. The number of oxime groups is 1. The second kappa shape index (κ2) is 5.16. The first-order valence-electron chi connectivity index (χ1n) is 7.44. The minimum absolute atomic E-state index is 0.0499. The summed E-state index contributed by atoms with van der Waals surface area (Å²) in [4.78, 5) is 23.1. The molecule has 1 N–H and O–H groups in total. The van der Waals surface area contributed by atoms with Crippen LogP contribution in [0.3, 0.4) is 0 Å². The van der Waals surface area contributed by atoms with Gasteiger partial charge in [-0.15, -0.1) is 0 Å². The molecule has 1 amide bonds. The smallest absolute Gasteiger partial charge is 0.269 e. The summed E-state index contributed by atoms with van der Waals surface area (Å²) in [5.41, 5.74) is 3.31. The lowest BCUT2D eigenvalue weighted by Crippen LogP contribution is -2.45. The van der Waals surface area contributed by atoms with Gasteiger partial charge in [0.2, 0.25) is 5.60 Å². The van der Waals surface area contributed by atoms with E-state index in [0.717, 1.165) is 16.9 Å². The Kier molecular flexibility index (Phi) is 3.43. The van der Waals surface area contributed by atoms with Gasteiger partial charge in [-0.1, -0.05) is 23.4 Å². The van der Waals surface area contributed by atoms with E-state index in [1.807, 2.05) is 25.1 Å². The van der Waals surface area contributed by atoms with Gasteiger partial charge in [-0.25, -0.2) is 0 Å². The Morgan fingerprint density at radius 3 is 2.77 bits per heavy atom. The molecule has 1 atom stereocenters. The molecule has 0 saturated heterocycles. The van der Waals surface area contributed by atoms with Crippen LogP contribution in [-0.4, -0.2) is 34.2 Å². The van der Waals surface area contributed by atoms with Crippen molar-refractivity contribution < 1.29 is 9.63 Å². The van der Waals surface area contributed by atoms with Crippen LogP contribution in [0.5, 0.6) is 0 Å². The van der Waals surface area contributed by atoms with Gasteiger partial charge >= 0.3 is 0 Å². The van der Waals surface area contributed by atoms with Crippen molar-refractivity contribution in [2.45, 2.75) is 39.3 Å². The summed E-state index contributed by atoms with van der Waals surface area (Å²) in [6.45, 7) is 6.27. The van der Waals surface area contributed by atoms with Crippen LogP contribution in [0.2, 0.25) is 0 Å². The second-order valence-electron chi connectivity index (χ2n) is 6.26. The molecule has 3 rings (SSSR count). The first-order chi connectivity index (χ1) is 10.4. The Labute approximate surface area is 129 Å². The predicted molar refractivity (Wildman–Crippen MR) is 86.7 cm³/mol. The molecule has 0 unspecified atom stereocenters. The highest BCUT2D eigenvalue weighted by Crippen LogP contribution is 2.27. The second-order valence-corrected chi connectivity index (χ2v) is 6.26. The van der Waals surface area contributed by atoms with Crippen molar-refractivity contribution >= 4 is 22.5 Å². The molecule has 116 valence electrons. The molecule has 0 aliphatic carbocycles. The normalized spacial score (nSPS) is 20.8. The van der Waals surface area contributed by atoms with E-state index in [1.54, 1.807) is 18.9 Å². The molecule has 0 bridgehead atoms. The zero-order valence-corrected chi connectivity index (χ0v) is 13.4. The summed E-state index contributed by atoms with van der Waals surface area (Å²) in [6.07, 6.45) is 0.544. The van der Waals surface area contributed by atoms with Gasteiger partial charge in [0.15, 0.2) is 0 Å². The lowest BCUT2D eigenvalue weighted by Gasteiger charge is -2.26. The van der Waals surface area contributed by atoms with Crippen molar-refractivity contribution in [1.29, 1.82) is 0 Å². The molecule has 2 aromatic rings. The van der Waals surface area contributed by atoms with Crippen LogP contribution in [0.1, 0.15) is 31.5 Å². The molecule has 0 saturated carbocycles. The van der Waals surface area contributed by atoms with Gasteiger partial charge in [-0.2, -0.15) is 0 Å². The highest BCUT2D eigenvalue weighted by atomic mass is 16.7. The van der Waals surface area contributed by atoms with Crippen LogP contribution in [0.4, 0.5) is 0 Å². The van der Waals surface area contributed by atoms with Crippen molar-refractivity contribution in [3.63, 3.8) is 0 Å². The molecule has 1 aliphatic rings. The van der Waals surface area contributed by atoms with Gasteiger partial charge < -0.3 is 14.7 Å². The summed E-state index contributed by atoms with van der Waals surface area (Å²) in [6, 6.07) is 8.16. The monoisotopic (exact) mass is 299 g/mol. The van der Waals surface area contributed by atoms with Crippen molar-refractivity contribution in [2.75, 3.05) is 7.05 Å². The number of carbonyl (C=O) groups is 1. The van der Waals surface area contributed by atoms with Crippen LogP contribution in [0.15, 0.2) is 29.4 Å². The number of benzene rings is 1. The van der Waals surface area contributed by atoms with Crippen LogP contribution < -0.4 is 0 Å². The van der Waals surface area contributed by atoms with Crippen molar-refractivity contribution in [3.8, 4) is 0 Å². The number of aromatic amines is 1. The molecule has 0 fully saturated rings. The molecule has 2 heterocycles. The molecule has 1 aromatic carbocycles. The predicted octanol–water partition coefficient (Wildman–Crippen LogP) is 2.99. The van der Waals surface area contributed by atoms with E-state index < -0.39 is 5.60 Å². The van der Waals surface area contributed by atoms with E-state index in [4.69, 9.17) is 4.84 Å². The van der Waals surface area contributed by atoms with Crippen LogP contribution in [0.25, 0.3) is 10.9 Å². The summed E-state index contributed by atoms with van der Waals surface area (Å²) in [5.74, 6) is -0.0499. The van der Waals surface area contributed by atoms with Gasteiger partial charge in [0, 0.05) is 30.1 Å². The van der Waals surface area contributed by atoms with E-state index >= 15 is 0 Å². The number of nitrogens with zero attached hydrogens (tertiary/aromatic N) is 2. The molecule has 5 heteroatoms. The number of likely N-dealkylation sites (N-methyl/N-ethyl adjacent to an activating group) is 1. The summed E-state index contributed by atoms with van der Waals surface area (Å²) < 4.78 is 0. The SMILES string of the molecule is CC1=NO[C@](C)(C(=O)N(C)Cc2[nH]c3ccccc3c2C)C1. The average molecular weight is 299 g/mol. The number of carbonyl (C=O) groups excluding carboxylic acids is 1. The van der Waals surface area contributed by atoms with Crippen molar-refractivity contribution in [3.05, 3.63) is 35.5 Å². The third-order valence-corrected chi connectivity index (χ3v) is 4.26. The highest BCUT2D eigenvalue weighted by Gasteiger charge is 2.42. The molecule has 0 radical (unpaired) electrons. The van der Waals surface area contributed by atoms with Gasteiger partial charge in [0.1, 0.15) is 0 Å². The molecule has 0 spiro atoms. The molecule has 1 aromatic heterocycles. The minimum atomic E-state index is -0.876. The fourth-order valence-corrected chi connectivity index (χ4v) is 3.05. The van der Waals surface area contributed by atoms with E-state index in [0.29, 0.717) is 13.0 Å². The minimum Gasteiger partial charge on any atom is -0.379 e. The zero-order chi connectivity index (χ0) is 15.9. The quantitative estimate of drug-likeness (QED) is 0.947. The molecular formula is C17H21N3O2. The number of H-pyrrole nitrogens is 1. The molecule has 1 aliphatic heterocycles. The van der Waals surface area contributed by atoms with E-state index in [1.165, 1.54) is 10.9 Å². The number of hydrogen-bond acceptors (Lipinski definition) is 3. The van der Waals surface area contributed by atoms with Gasteiger partial charge in [-0.3, -0.25) is 4.79 Å². The summed E-state index contributed by atoms with van der Waals surface area (Å²) in [7, 11) is 1.80. The fourth-order valence-electron chi connectivity index (χ4n) is 3.05. The maximum absolute atomic E-state index is 12.7. The lowest BCUT2D eigenvalue weighted by molar-refractivity contribution is -0.152. The summed E-state index contributed by atoms with van der Waals surface area (Å²) in [5, 5.41) is 5.11. The lowest BCUT2D eigenvalue weighted by atomic mass is 9.98. The Hall–Kier alpha value is -2.30. The van der Waals surface area contributed by atoms with E-state index in [-0.39, 0.29) is 5.91 Å². The van der Waals surface area contributed by atoms with Crippen LogP contribution >= 0.6 is 0 Å². The first-order valence-corrected chi connectivity index (χ1v) is 7.44. The standard InChI is InChI=1S/C17H21N3O2/c1-11-9-17(3,22-19-11)16(21)20(4)10-15-12(2)13-7-5-6-8-14(13)18-15/h5-8,18H,9-10H2,1-4H3/t17-/m0/s1. The third-order valence-electron chi connectivity index (χ3n) is 4.26. The first kappa shape index (κ1) is 14.6. The Bertz CT molecular complexity index is 762. The Morgan fingerprint density at radius 2 is 2.14 bits per heavy atom. The number of nitrogens with one attached hydrogen (secondary N) is 1. The number of rotatable bonds is 3. The topological polar surface area (TPSA) is 57.7 Å². The van der Waals surface area contributed by atoms with Crippen LogP contribution in [-0.2, 0) is 16.2 Å². The molecule has 5 nitrogen and oxygen atoms in total. The highest BCUT2D eigenvalue weighted by molar-refractivity contribution is 5.94. The number of hydrogen-bond donors (Lipinski definition) is 1. The third kappa shape index (κ3) is 2.36. The number of aromatic nitrogens is 1. The number of fused-ring (bicyclic) bond motifs is 1. The van der Waals surface area contributed by atoms with E-state index in [9.17, 15) is 4.79 Å². The molecule has 22 heavy (non-hydrogen) atoms. The van der Waals surface area contributed by atoms with Gasteiger partial charge in [0.05, 0.1) is 12.3 Å². The number of aryl methyl sites for hydroxylation is 1. The number of para-hydroxylation sites is 1. The van der Waals surface area contributed by atoms with Crippen LogP contribution in [0, 0.1) is 6.92 Å². The van der Waals surface area contributed by atoms with Gasteiger partial charge in [-0.05, 0) is 32.4 Å². The largest absolute Gasteiger partial charge is 0.379 e. The van der Waals surface area contributed by atoms with Crippen molar-refractivity contribution in [1.82, 2.24) is 9.88 Å². The van der Waals surface area contributed by atoms with E-state index in [2.05, 4.69) is 23.1 Å². The van der Waals surface area contributed by atoms with Gasteiger partial charge in [0.25, 0.3) is 5.91 Å². The number of amides is 1. The fraction of sp³-hybridized carbons (Fsp3) is 0.412. The average Bonchev–Trinajstić information content (AvgIpc) is 3.00.